The van der Waals surface area contributed by atoms with Crippen molar-refractivity contribution in [3.63, 3.8) is 0 Å². The molecule has 0 spiro atoms. The molecule has 0 N–H and O–H groups in total. The molecule has 0 bridgehead atoms. The molecular formula is C20H21NO5. The fourth-order valence-electron chi connectivity index (χ4n) is 2.37. The molecule has 0 atom stereocenters. The van der Waals surface area contributed by atoms with Crippen molar-refractivity contribution < 1.29 is 23.7 Å². The molecule has 2 aliphatic rings. The summed E-state index contributed by atoms with van der Waals surface area (Å²) >= 11 is 0. The van der Waals surface area contributed by atoms with E-state index in [9.17, 15) is 4.79 Å². The summed E-state index contributed by atoms with van der Waals surface area (Å²) in [6.45, 7) is 5.72. The average Bonchev–Trinajstić information content (AvgIpc) is 3.30. The van der Waals surface area contributed by atoms with E-state index in [1.165, 1.54) is 12.3 Å². The van der Waals surface area contributed by atoms with Crippen LogP contribution in [0.2, 0.25) is 0 Å². The summed E-state index contributed by atoms with van der Waals surface area (Å²) in [6.07, 6.45) is 4.41. The van der Waals surface area contributed by atoms with Gasteiger partial charge in [-0.05, 0) is 25.5 Å². The molecule has 1 saturated heterocycles. The summed E-state index contributed by atoms with van der Waals surface area (Å²) < 4.78 is 20.1. The SMILES string of the molecule is CCOC=CC(=O)OCC.N#CC1=CC(=C2OCCO2)c2ccccc21. The summed E-state index contributed by atoms with van der Waals surface area (Å²) in [7, 11) is 0. The van der Waals surface area contributed by atoms with Gasteiger partial charge in [-0.15, -0.1) is 0 Å². The van der Waals surface area contributed by atoms with E-state index in [0.717, 1.165) is 16.7 Å². The van der Waals surface area contributed by atoms with Gasteiger partial charge >= 0.3 is 5.97 Å². The van der Waals surface area contributed by atoms with Crippen molar-refractivity contribution in [2.45, 2.75) is 13.8 Å². The number of carbonyl (C=O) groups excluding carboxylic acids is 1. The highest BCUT2D eigenvalue weighted by Crippen LogP contribution is 2.37. The average molecular weight is 355 g/mol. The number of nitrogens with zero attached hydrogens (tertiary/aromatic N) is 1. The van der Waals surface area contributed by atoms with Crippen LogP contribution in [0.5, 0.6) is 0 Å². The third-order valence-electron chi connectivity index (χ3n) is 3.44. The molecule has 0 aromatic heterocycles. The molecule has 1 aromatic carbocycles. The zero-order valence-corrected chi connectivity index (χ0v) is 14.9. The van der Waals surface area contributed by atoms with Crippen LogP contribution in [0, 0.1) is 11.3 Å². The van der Waals surface area contributed by atoms with Crippen molar-refractivity contribution >= 4 is 17.1 Å². The molecule has 6 nitrogen and oxygen atoms in total. The third kappa shape index (κ3) is 4.90. The summed E-state index contributed by atoms with van der Waals surface area (Å²) in [5.41, 5.74) is 3.50. The Morgan fingerprint density at radius 1 is 1.19 bits per heavy atom. The van der Waals surface area contributed by atoms with E-state index in [1.807, 2.05) is 37.3 Å². The molecule has 0 unspecified atom stereocenters. The Labute approximate surface area is 152 Å². The molecule has 3 rings (SSSR count). The predicted molar refractivity (Wildman–Crippen MR) is 96.3 cm³/mol. The Hall–Kier alpha value is -3.20. The molecule has 1 aliphatic carbocycles. The van der Waals surface area contributed by atoms with Crippen LogP contribution in [-0.4, -0.2) is 32.4 Å². The highest BCUT2D eigenvalue weighted by Gasteiger charge is 2.24. The van der Waals surface area contributed by atoms with Crippen molar-refractivity contribution in [1.29, 1.82) is 5.26 Å². The van der Waals surface area contributed by atoms with E-state index >= 15 is 0 Å². The zero-order valence-electron chi connectivity index (χ0n) is 14.9. The van der Waals surface area contributed by atoms with Crippen LogP contribution in [0.25, 0.3) is 11.1 Å². The maximum atomic E-state index is 10.5. The minimum atomic E-state index is -0.365. The van der Waals surface area contributed by atoms with Crippen LogP contribution in [0.15, 0.2) is 48.6 Å². The van der Waals surface area contributed by atoms with Crippen LogP contribution >= 0.6 is 0 Å². The number of nitriles is 1. The molecule has 1 aromatic rings. The van der Waals surface area contributed by atoms with Gasteiger partial charge in [0.15, 0.2) is 0 Å². The molecule has 0 radical (unpaired) electrons. The Morgan fingerprint density at radius 3 is 2.50 bits per heavy atom. The van der Waals surface area contributed by atoms with Gasteiger partial charge < -0.3 is 18.9 Å². The van der Waals surface area contributed by atoms with Crippen molar-refractivity contribution in [2.24, 2.45) is 0 Å². The lowest BCUT2D eigenvalue weighted by Gasteiger charge is -2.03. The maximum absolute atomic E-state index is 10.5. The van der Waals surface area contributed by atoms with Crippen molar-refractivity contribution in [2.75, 3.05) is 26.4 Å². The molecule has 0 amide bonds. The summed E-state index contributed by atoms with van der Waals surface area (Å²) in [5, 5.41) is 9.05. The molecular weight excluding hydrogens is 334 g/mol. The second-order valence-corrected chi connectivity index (χ2v) is 5.12. The van der Waals surface area contributed by atoms with E-state index in [-0.39, 0.29) is 5.97 Å². The number of hydrogen-bond acceptors (Lipinski definition) is 6. The highest BCUT2D eigenvalue weighted by atomic mass is 16.7. The largest absolute Gasteiger partial charge is 0.501 e. The standard InChI is InChI=1S/C13H9NO2.C7H12O3/c14-8-9-7-12(13-15-5-6-16-13)11-4-2-1-3-10(9)11;1-3-9-6-5-7(8)10-4-2/h1-4,7H,5-6H2;5-6H,3-4H2,1-2H3. The van der Waals surface area contributed by atoms with Gasteiger partial charge in [0, 0.05) is 5.56 Å². The van der Waals surface area contributed by atoms with Gasteiger partial charge in [-0.2, -0.15) is 5.26 Å². The molecule has 1 fully saturated rings. The Kier molecular flexibility index (Phi) is 7.31. The molecule has 6 heteroatoms. The number of benzene rings is 1. The van der Waals surface area contributed by atoms with Gasteiger partial charge in [0.05, 0.1) is 42.8 Å². The van der Waals surface area contributed by atoms with Gasteiger partial charge in [-0.25, -0.2) is 4.79 Å². The summed E-state index contributed by atoms with van der Waals surface area (Å²) in [6, 6.07) is 9.97. The van der Waals surface area contributed by atoms with E-state index in [1.54, 1.807) is 6.92 Å². The van der Waals surface area contributed by atoms with Gasteiger partial charge in [0.2, 0.25) is 0 Å². The van der Waals surface area contributed by atoms with Gasteiger partial charge in [0.25, 0.3) is 5.95 Å². The Morgan fingerprint density at radius 2 is 1.88 bits per heavy atom. The second kappa shape index (κ2) is 9.94. The number of allylic oxidation sites excluding steroid dienone is 3. The first-order valence-corrected chi connectivity index (χ1v) is 8.37. The van der Waals surface area contributed by atoms with Gasteiger partial charge in [0.1, 0.15) is 13.2 Å². The normalized spacial score (nSPS) is 14.4. The maximum Gasteiger partial charge on any atom is 0.333 e. The van der Waals surface area contributed by atoms with Crippen molar-refractivity contribution in [1.82, 2.24) is 0 Å². The highest BCUT2D eigenvalue weighted by molar-refractivity contribution is 6.00. The monoisotopic (exact) mass is 355 g/mol. The number of rotatable bonds is 4. The summed E-state index contributed by atoms with van der Waals surface area (Å²) in [4.78, 5) is 10.5. The minimum Gasteiger partial charge on any atom is -0.501 e. The van der Waals surface area contributed by atoms with Crippen molar-refractivity contribution in [3.05, 3.63) is 59.8 Å². The Bertz CT molecular complexity index is 763. The minimum absolute atomic E-state index is 0.365. The quantitative estimate of drug-likeness (QED) is 0.468. The van der Waals surface area contributed by atoms with Crippen LogP contribution in [0.3, 0.4) is 0 Å². The van der Waals surface area contributed by atoms with E-state index in [4.69, 9.17) is 19.5 Å². The molecule has 26 heavy (non-hydrogen) atoms. The zero-order chi connectivity index (χ0) is 18.8. The van der Waals surface area contributed by atoms with E-state index < -0.39 is 0 Å². The van der Waals surface area contributed by atoms with Crippen LogP contribution in [0.4, 0.5) is 0 Å². The number of carbonyl (C=O) groups is 1. The molecule has 0 saturated carbocycles. The Balaban J connectivity index is 0.000000213. The first-order valence-electron chi connectivity index (χ1n) is 8.37. The first kappa shape index (κ1) is 19.1. The molecule has 1 aliphatic heterocycles. The predicted octanol–water partition coefficient (Wildman–Crippen LogP) is 3.42. The lowest BCUT2D eigenvalue weighted by atomic mass is 10.1. The lowest BCUT2D eigenvalue weighted by molar-refractivity contribution is -0.137. The molecule has 1 heterocycles. The van der Waals surface area contributed by atoms with Crippen LogP contribution < -0.4 is 0 Å². The topological polar surface area (TPSA) is 77.8 Å². The number of ether oxygens (including phenoxy) is 4. The number of hydrogen-bond donors (Lipinski definition) is 0. The van der Waals surface area contributed by atoms with Gasteiger partial charge in [-0.3, -0.25) is 0 Å². The second-order valence-electron chi connectivity index (χ2n) is 5.12. The van der Waals surface area contributed by atoms with Gasteiger partial charge in [-0.1, -0.05) is 24.3 Å². The first-order chi connectivity index (χ1) is 12.7. The summed E-state index contributed by atoms with van der Waals surface area (Å²) in [5.74, 6) is 0.175. The van der Waals surface area contributed by atoms with E-state index in [2.05, 4.69) is 10.8 Å². The fraction of sp³-hybridized carbons (Fsp3) is 0.300. The smallest absolute Gasteiger partial charge is 0.333 e. The molecule has 136 valence electrons. The fourth-order valence-corrected chi connectivity index (χ4v) is 2.37. The number of fused-ring (bicyclic) bond motifs is 1. The van der Waals surface area contributed by atoms with Crippen LogP contribution in [0.1, 0.15) is 25.0 Å². The number of esters is 1. The van der Waals surface area contributed by atoms with E-state index in [0.29, 0.717) is 37.9 Å². The van der Waals surface area contributed by atoms with Crippen molar-refractivity contribution in [3.8, 4) is 6.07 Å². The van der Waals surface area contributed by atoms with Crippen LogP contribution in [-0.2, 0) is 23.7 Å². The third-order valence-corrected chi connectivity index (χ3v) is 3.44. The lowest BCUT2D eigenvalue weighted by Crippen LogP contribution is -1.99.